The number of piperidine rings is 1. The van der Waals surface area contributed by atoms with Gasteiger partial charge in [-0.1, -0.05) is 12.1 Å². The van der Waals surface area contributed by atoms with Crippen LogP contribution in [0, 0.1) is 5.92 Å². The van der Waals surface area contributed by atoms with Gasteiger partial charge in [0.15, 0.2) is 0 Å². The summed E-state index contributed by atoms with van der Waals surface area (Å²) in [5, 5.41) is 0. The summed E-state index contributed by atoms with van der Waals surface area (Å²) in [5.41, 5.74) is 1.23. The first-order chi connectivity index (χ1) is 10.7. The van der Waals surface area contributed by atoms with Gasteiger partial charge in [-0.25, -0.2) is 0 Å². The van der Waals surface area contributed by atoms with Crippen LogP contribution in [-0.2, 0) is 11.3 Å². The van der Waals surface area contributed by atoms with Gasteiger partial charge in [-0.15, -0.1) is 0 Å². The van der Waals surface area contributed by atoms with Crippen molar-refractivity contribution in [1.29, 1.82) is 0 Å². The Morgan fingerprint density at radius 2 is 2.05 bits per heavy atom. The van der Waals surface area contributed by atoms with Crippen molar-refractivity contribution in [3.8, 4) is 5.75 Å². The largest absolute Gasteiger partial charge is 0.496 e. The molecule has 1 fully saturated rings. The number of hydrogen-bond acceptors (Lipinski definition) is 2. The summed E-state index contributed by atoms with van der Waals surface area (Å²) in [5.74, 6) is 1.47. The molecule has 1 aliphatic rings. The van der Waals surface area contributed by atoms with E-state index >= 15 is 0 Å². The van der Waals surface area contributed by atoms with Gasteiger partial charge in [0, 0.05) is 18.7 Å². The number of methoxy groups -OCH3 is 1. The van der Waals surface area contributed by atoms with Gasteiger partial charge < -0.3 is 14.5 Å². The lowest BCUT2D eigenvalue weighted by molar-refractivity contribution is -0.921. The van der Waals surface area contributed by atoms with Crippen LogP contribution in [0.1, 0.15) is 32.3 Å². The first kappa shape index (κ1) is 16.8. The number of nitrogens with one attached hydrogen (secondary N) is 1. The summed E-state index contributed by atoms with van der Waals surface area (Å²) in [6.45, 7) is 8.76. The number of carbonyl (C=O) groups is 1. The average Bonchev–Trinajstić information content (AvgIpc) is 2.56. The van der Waals surface area contributed by atoms with Gasteiger partial charge in [0.2, 0.25) is 5.91 Å². The molecule has 4 heteroatoms. The van der Waals surface area contributed by atoms with Crippen LogP contribution in [0.4, 0.5) is 0 Å². The van der Waals surface area contributed by atoms with Crippen molar-refractivity contribution in [2.45, 2.75) is 33.2 Å². The summed E-state index contributed by atoms with van der Waals surface area (Å²) in [6, 6.07) is 8.19. The van der Waals surface area contributed by atoms with E-state index < -0.39 is 0 Å². The number of nitrogens with zero attached hydrogens (tertiary/aromatic N) is 1. The van der Waals surface area contributed by atoms with Crippen LogP contribution in [0.15, 0.2) is 24.3 Å². The molecule has 22 heavy (non-hydrogen) atoms. The van der Waals surface area contributed by atoms with Crippen LogP contribution in [0.5, 0.6) is 5.75 Å². The zero-order valence-electron chi connectivity index (χ0n) is 14.1. The maximum absolute atomic E-state index is 12.6. The predicted octanol–water partition coefficient (Wildman–Crippen LogP) is 1.36. The minimum absolute atomic E-state index is 0.179. The van der Waals surface area contributed by atoms with Gasteiger partial charge >= 0.3 is 0 Å². The molecule has 0 bridgehead atoms. The van der Waals surface area contributed by atoms with E-state index in [9.17, 15) is 4.79 Å². The highest BCUT2D eigenvalue weighted by Crippen LogP contribution is 2.17. The SMILES string of the molecule is CCN(CC)C(=O)[C@@H]1CCC[NH+](Cc2ccccc2OC)C1. The van der Waals surface area contributed by atoms with Crippen LogP contribution < -0.4 is 9.64 Å². The highest BCUT2D eigenvalue weighted by Gasteiger charge is 2.31. The van der Waals surface area contributed by atoms with Crippen molar-refractivity contribution in [1.82, 2.24) is 4.90 Å². The fourth-order valence-corrected chi connectivity index (χ4v) is 3.43. The van der Waals surface area contributed by atoms with Gasteiger partial charge in [0.1, 0.15) is 12.3 Å². The van der Waals surface area contributed by atoms with E-state index in [0.29, 0.717) is 5.91 Å². The smallest absolute Gasteiger partial charge is 0.231 e. The van der Waals surface area contributed by atoms with Gasteiger partial charge in [0.05, 0.1) is 26.1 Å². The second-order valence-electron chi connectivity index (χ2n) is 6.04. The Labute approximate surface area is 134 Å². The molecule has 2 atom stereocenters. The molecule has 0 spiro atoms. The van der Waals surface area contributed by atoms with Gasteiger partial charge in [-0.2, -0.15) is 0 Å². The van der Waals surface area contributed by atoms with Crippen LogP contribution in [0.2, 0.25) is 0 Å². The zero-order valence-corrected chi connectivity index (χ0v) is 14.1. The number of ether oxygens (including phenoxy) is 1. The number of quaternary nitrogens is 1. The second kappa shape index (κ2) is 8.18. The van der Waals surface area contributed by atoms with Gasteiger partial charge in [-0.3, -0.25) is 4.79 Å². The lowest BCUT2D eigenvalue weighted by atomic mass is 9.96. The highest BCUT2D eigenvalue weighted by atomic mass is 16.5. The normalized spacial score (nSPS) is 21.4. The summed E-state index contributed by atoms with van der Waals surface area (Å²) < 4.78 is 5.45. The Kier molecular flexibility index (Phi) is 6.25. The molecular formula is C18H29N2O2+. The van der Waals surface area contributed by atoms with Gasteiger partial charge in [-0.05, 0) is 38.8 Å². The van der Waals surface area contributed by atoms with E-state index in [-0.39, 0.29) is 5.92 Å². The summed E-state index contributed by atoms with van der Waals surface area (Å²) in [4.78, 5) is 16.0. The fourth-order valence-electron chi connectivity index (χ4n) is 3.43. The quantitative estimate of drug-likeness (QED) is 0.861. The molecule has 2 rings (SSSR count). The maximum Gasteiger partial charge on any atom is 0.231 e. The van der Waals surface area contributed by atoms with E-state index in [4.69, 9.17) is 4.74 Å². The topological polar surface area (TPSA) is 34.0 Å². The molecule has 122 valence electrons. The number of amides is 1. The standard InChI is InChI=1S/C18H28N2O2/c1-4-20(5-2)18(21)16-10-8-12-19(14-16)13-15-9-6-7-11-17(15)22-3/h6-7,9,11,16H,4-5,8,10,12-14H2,1-3H3/p+1/t16-/m1/s1. The average molecular weight is 305 g/mol. The minimum atomic E-state index is 0.179. The first-order valence-corrected chi connectivity index (χ1v) is 8.43. The highest BCUT2D eigenvalue weighted by molar-refractivity contribution is 5.78. The maximum atomic E-state index is 12.6. The number of benzene rings is 1. The molecule has 4 nitrogen and oxygen atoms in total. The predicted molar refractivity (Wildman–Crippen MR) is 88.0 cm³/mol. The molecule has 1 amide bonds. The summed E-state index contributed by atoms with van der Waals surface area (Å²) >= 11 is 0. The van der Waals surface area contributed by atoms with E-state index in [0.717, 1.165) is 51.3 Å². The van der Waals surface area contributed by atoms with Crippen molar-refractivity contribution in [3.05, 3.63) is 29.8 Å². The van der Waals surface area contributed by atoms with Gasteiger partial charge in [0.25, 0.3) is 0 Å². The molecule has 1 aliphatic heterocycles. The fraction of sp³-hybridized carbons (Fsp3) is 0.611. The van der Waals surface area contributed by atoms with Crippen LogP contribution in [-0.4, -0.2) is 44.1 Å². The Morgan fingerprint density at radius 3 is 2.73 bits per heavy atom. The minimum Gasteiger partial charge on any atom is -0.496 e. The Bertz CT molecular complexity index is 486. The van der Waals surface area contributed by atoms with E-state index in [1.807, 2.05) is 17.0 Å². The molecule has 0 radical (unpaired) electrons. The van der Waals surface area contributed by atoms with Crippen molar-refractivity contribution >= 4 is 5.91 Å². The monoisotopic (exact) mass is 305 g/mol. The van der Waals surface area contributed by atoms with E-state index in [1.165, 1.54) is 10.5 Å². The lowest BCUT2D eigenvalue weighted by Crippen LogP contribution is -3.12. The number of para-hydroxylation sites is 1. The molecule has 1 heterocycles. The molecule has 0 aliphatic carbocycles. The number of carbonyl (C=O) groups excluding carboxylic acids is 1. The molecule has 1 aromatic rings. The Balaban J connectivity index is 2.00. The zero-order chi connectivity index (χ0) is 15.9. The molecule has 1 saturated heterocycles. The van der Waals surface area contributed by atoms with Crippen molar-refractivity contribution in [3.63, 3.8) is 0 Å². The lowest BCUT2D eigenvalue weighted by Gasteiger charge is -2.32. The third-order valence-electron chi connectivity index (χ3n) is 4.68. The van der Waals surface area contributed by atoms with E-state index in [2.05, 4.69) is 26.0 Å². The number of rotatable bonds is 6. The van der Waals surface area contributed by atoms with Crippen LogP contribution in [0.25, 0.3) is 0 Å². The Hall–Kier alpha value is -1.55. The second-order valence-corrected chi connectivity index (χ2v) is 6.04. The van der Waals surface area contributed by atoms with E-state index in [1.54, 1.807) is 7.11 Å². The third-order valence-corrected chi connectivity index (χ3v) is 4.68. The van der Waals surface area contributed by atoms with Crippen molar-refractivity contribution in [2.75, 3.05) is 33.3 Å². The third kappa shape index (κ3) is 4.01. The van der Waals surface area contributed by atoms with Crippen molar-refractivity contribution in [2.24, 2.45) is 5.92 Å². The molecule has 0 aromatic heterocycles. The first-order valence-electron chi connectivity index (χ1n) is 8.43. The van der Waals surface area contributed by atoms with Crippen LogP contribution in [0.3, 0.4) is 0 Å². The summed E-state index contributed by atoms with van der Waals surface area (Å²) in [6.07, 6.45) is 2.16. The summed E-state index contributed by atoms with van der Waals surface area (Å²) in [7, 11) is 1.72. The molecule has 1 aromatic carbocycles. The number of hydrogen-bond donors (Lipinski definition) is 1. The molecule has 0 saturated carbocycles. The number of likely N-dealkylation sites (tertiary alicyclic amines) is 1. The molecular weight excluding hydrogens is 276 g/mol. The molecule has 1 unspecified atom stereocenters. The van der Waals surface area contributed by atoms with Crippen molar-refractivity contribution < 1.29 is 14.4 Å². The Morgan fingerprint density at radius 1 is 1.32 bits per heavy atom. The van der Waals surface area contributed by atoms with Crippen LogP contribution >= 0.6 is 0 Å². The molecule has 1 N–H and O–H groups in total.